The molecule has 0 spiro atoms. The Kier molecular flexibility index (Phi) is 11.3. The van der Waals surface area contributed by atoms with Crippen LogP contribution in [0, 0.1) is 0 Å². The average Bonchev–Trinajstić information content (AvgIpc) is 2.71. The van der Waals surface area contributed by atoms with Crippen molar-refractivity contribution in [2.75, 3.05) is 26.4 Å². The third kappa shape index (κ3) is 8.43. The summed E-state index contributed by atoms with van der Waals surface area (Å²) in [5.41, 5.74) is 1.95. The average molecular weight is 440 g/mol. The molecule has 1 N–H and O–H groups in total. The first-order valence-electron chi connectivity index (χ1n) is 10.3. The van der Waals surface area contributed by atoms with Crippen LogP contribution in [-0.2, 0) is 17.9 Å². The van der Waals surface area contributed by atoms with Crippen molar-refractivity contribution >= 4 is 23.2 Å². The van der Waals surface area contributed by atoms with E-state index in [0.717, 1.165) is 43.7 Å². The maximum Gasteiger partial charge on any atom is 0.180 e. The second-order valence-corrected chi connectivity index (χ2v) is 7.53. The number of halogens is 2. The molecule has 0 radical (unpaired) electrons. The van der Waals surface area contributed by atoms with Gasteiger partial charge >= 0.3 is 0 Å². The van der Waals surface area contributed by atoms with Gasteiger partial charge in [-0.25, -0.2) is 0 Å². The van der Waals surface area contributed by atoms with Crippen LogP contribution < -0.4 is 14.8 Å². The summed E-state index contributed by atoms with van der Waals surface area (Å²) in [5.74, 6) is 1.19. The van der Waals surface area contributed by atoms with Crippen molar-refractivity contribution in [1.82, 2.24) is 5.32 Å². The van der Waals surface area contributed by atoms with Crippen LogP contribution in [0.5, 0.6) is 11.5 Å². The fourth-order valence-corrected chi connectivity index (χ4v) is 3.25. The quantitative estimate of drug-likeness (QED) is 0.352. The normalized spacial score (nSPS) is 10.9. The lowest BCUT2D eigenvalue weighted by atomic mass is 10.2. The Labute approximate surface area is 184 Å². The predicted molar refractivity (Wildman–Crippen MR) is 120 cm³/mol. The number of nitrogens with one attached hydrogen (secondary N) is 1. The van der Waals surface area contributed by atoms with E-state index < -0.39 is 0 Å². The van der Waals surface area contributed by atoms with E-state index >= 15 is 0 Å². The van der Waals surface area contributed by atoms with Gasteiger partial charge in [0.1, 0.15) is 6.61 Å². The lowest BCUT2D eigenvalue weighted by Gasteiger charge is -2.16. The molecule has 0 atom stereocenters. The van der Waals surface area contributed by atoms with Gasteiger partial charge in [0.15, 0.2) is 11.5 Å². The first-order chi connectivity index (χ1) is 14.2. The van der Waals surface area contributed by atoms with E-state index in [1.807, 2.05) is 43.3 Å². The van der Waals surface area contributed by atoms with Crippen molar-refractivity contribution in [3.8, 4) is 11.5 Å². The molecule has 2 aromatic rings. The van der Waals surface area contributed by atoms with E-state index in [-0.39, 0.29) is 0 Å². The standard InChI is InChI=1S/C23H31Cl2NO3/c1-3-5-12-27-13-8-11-26-16-18-14-21(25)23(22(15-18)28-4-2)29-17-19-9-6-7-10-20(19)24/h6-7,9-10,14-15,26H,3-5,8,11-13,16-17H2,1-2H3. The fraction of sp³-hybridized carbons (Fsp3) is 0.478. The largest absolute Gasteiger partial charge is 0.490 e. The highest BCUT2D eigenvalue weighted by Gasteiger charge is 2.13. The van der Waals surface area contributed by atoms with Crippen molar-refractivity contribution in [2.45, 2.75) is 46.3 Å². The molecule has 0 saturated carbocycles. The Morgan fingerprint density at radius 1 is 0.931 bits per heavy atom. The number of ether oxygens (including phenoxy) is 3. The van der Waals surface area contributed by atoms with Crippen LogP contribution >= 0.6 is 23.2 Å². The van der Waals surface area contributed by atoms with Crippen molar-refractivity contribution in [2.24, 2.45) is 0 Å². The first-order valence-corrected chi connectivity index (χ1v) is 11.0. The van der Waals surface area contributed by atoms with E-state index in [1.54, 1.807) is 0 Å². The number of benzene rings is 2. The molecule has 0 unspecified atom stereocenters. The maximum absolute atomic E-state index is 6.50. The van der Waals surface area contributed by atoms with Gasteiger partial charge < -0.3 is 19.5 Å². The van der Waals surface area contributed by atoms with E-state index in [2.05, 4.69) is 12.2 Å². The van der Waals surface area contributed by atoms with Gasteiger partial charge in [0.2, 0.25) is 0 Å². The molecule has 0 amide bonds. The minimum absolute atomic E-state index is 0.328. The van der Waals surface area contributed by atoms with Crippen LogP contribution in [0.4, 0.5) is 0 Å². The van der Waals surface area contributed by atoms with Crippen molar-refractivity contribution in [3.05, 3.63) is 57.6 Å². The Bertz CT molecular complexity index is 740. The highest BCUT2D eigenvalue weighted by Crippen LogP contribution is 2.37. The van der Waals surface area contributed by atoms with Gasteiger partial charge in [-0.2, -0.15) is 0 Å². The smallest absolute Gasteiger partial charge is 0.180 e. The lowest BCUT2D eigenvalue weighted by Crippen LogP contribution is -2.16. The van der Waals surface area contributed by atoms with Gasteiger partial charge in [0.25, 0.3) is 0 Å². The second-order valence-electron chi connectivity index (χ2n) is 6.71. The Hall–Kier alpha value is -1.46. The summed E-state index contributed by atoms with van der Waals surface area (Å²) in [5, 5.41) is 4.62. The fourth-order valence-electron chi connectivity index (χ4n) is 2.77. The van der Waals surface area contributed by atoms with Gasteiger partial charge in [-0.1, -0.05) is 54.7 Å². The summed E-state index contributed by atoms with van der Waals surface area (Å²) < 4.78 is 17.3. The van der Waals surface area contributed by atoms with Crippen molar-refractivity contribution in [3.63, 3.8) is 0 Å². The van der Waals surface area contributed by atoms with E-state index in [1.165, 1.54) is 6.42 Å². The highest BCUT2D eigenvalue weighted by atomic mass is 35.5. The molecule has 0 fully saturated rings. The topological polar surface area (TPSA) is 39.7 Å². The van der Waals surface area contributed by atoms with E-state index in [9.17, 15) is 0 Å². The number of hydrogen-bond donors (Lipinski definition) is 1. The van der Waals surface area contributed by atoms with Gasteiger partial charge in [-0.3, -0.25) is 0 Å². The molecule has 6 heteroatoms. The second kappa shape index (κ2) is 13.7. The monoisotopic (exact) mass is 439 g/mol. The number of unbranched alkanes of at least 4 members (excludes halogenated alkanes) is 1. The zero-order chi connectivity index (χ0) is 20.9. The predicted octanol–water partition coefficient (Wildman–Crippen LogP) is 6.27. The summed E-state index contributed by atoms with van der Waals surface area (Å²) >= 11 is 12.7. The van der Waals surface area contributed by atoms with Crippen LogP contribution in [-0.4, -0.2) is 26.4 Å². The summed E-state index contributed by atoms with van der Waals surface area (Å²) in [6, 6.07) is 11.5. The van der Waals surface area contributed by atoms with Crippen LogP contribution in [0.15, 0.2) is 36.4 Å². The molecule has 2 aromatic carbocycles. The van der Waals surface area contributed by atoms with Gasteiger partial charge in [0, 0.05) is 30.3 Å². The summed E-state index contributed by atoms with van der Waals surface area (Å²) in [4.78, 5) is 0. The highest BCUT2D eigenvalue weighted by molar-refractivity contribution is 6.32. The third-order valence-electron chi connectivity index (χ3n) is 4.31. The molecule has 0 saturated heterocycles. The molecule has 0 aliphatic carbocycles. The van der Waals surface area contributed by atoms with Gasteiger partial charge in [-0.15, -0.1) is 0 Å². The Morgan fingerprint density at radius 3 is 2.48 bits per heavy atom. The van der Waals surface area contributed by atoms with Crippen LogP contribution in [0.1, 0.15) is 44.2 Å². The first kappa shape index (κ1) is 23.8. The van der Waals surface area contributed by atoms with Crippen molar-refractivity contribution < 1.29 is 14.2 Å². The minimum Gasteiger partial charge on any atom is -0.490 e. The van der Waals surface area contributed by atoms with Gasteiger partial charge in [0.05, 0.1) is 11.6 Å². The molecule has 0 aliphatic heterocycles. The molecular weight excluding hydrogens is 409 g/mol. The number of rotatable bonds is 14. The van der Waals surface area contributed by atoms with Crippen LogP contribution in [0.25, 0.3) is 0 Å². The summed E-state index contributed by atoms with van der Waals surface area (Å²) in [7, 11) is 0. The van der Waals surface area contributed by atoms with E-state index in [4.69, 9.17) is 37.4 Å². The molecule has 2 rings (SSSR count). The Morgan fingerprint density at radius 2 is 1.72 bits per heavy atom. The van der Waals surface area contributed by atoms with Crippen LogP contribution in [0.2, 0.25) is 10.0 Å². The van der Waals surface area contributed by atoms with E-state index in [0.29, 0.717) is 41.3 Å². The lowest BCUT2D eigenvalue weighted by molar-refractivity contribution is 0.129. The third-order valence-corrected chi connectivity index (χ3v) is 4.96. The molecule has 4 nitrogen and oxygen atoms in total. The Balaban J connectivity index is 1.90. The SMILES string of the molecule is CCCCOCCCNCc1cc(Cl)c(OCc2ccccc2Cl)c(OCC)c1. The summed E-state index contributed by atoms with van der Waals surface area (Å²) in [6.07, 6.45) is 3.27. The molecule has 0 aliphatic rings. The molecule has 0 aromatic heterocycles. The molecule has 160 valence electrons. The molecule has 0 bridgehead atoms. The molecule has 0 heterocycles. The zero-order valence-corrected chi connectivity index (χ0v) is 18.8. The zero-order valence-electron chi connectivity index (χ0n) is 17.3. The van der Waals surface area contributed by atoms with Gasteiger partial charge in [-0.05, 0) is 50.1 Å². The molecular formula is C23H31Cl2NO3. The minimum atomic E-state index is 0.328. The number of hydrogen-bond acceptors (Lipinski definition) is 4. The van der Waals surface area contributed by atoms with Crippen LogP contribution in [0.3, 0.4) is 0 Å². The maximum atomic E-state index is 6.50. The molecule has 29 heavy (non-hydrogen) atoms. The summed E-state index contributed by atoms with van der Waals surface area (Å²) in [6.45, 7) is 8.19. The van der Waals surface area contributed by atoms with Crippen molar-refractivity contribution in [1.29, 1.82) is 0 Å².